The number of hydrogen-bond acceptors (Lipinski definition) is 2. The minimum Gasteiger partial charge on any atom is -0.307 e. The Morgan fingerprint density at radius 1 is 1.17 bits per heavy atom. The van der Waals surface area contributed by atoms with Gasteiger partial charge in [0.05, 0.1) is 0 Å². The molecule has 0 unspecified atom stereocenters. The van der Waals surface area contributed by atoms with E-state index in [0.717, 1.165) is 12.1 Å². The number of halogens is 4. The molecule has 0 fully saturated rings. The van der Waals surface area contributed by atoms with E-state index in [2.05, 4.69) is 9.97 Å². The third-order valence-electron chi connectivity index (χ3n) is 2.13. The van der Waals surface area contributed by atoms with Crippen molar-refractivity contribution in [3.63, 3.8) is 0 Å². The van der Waals surface area contributed by atoms with Crippen molar-refractivity contribution >= 4 is 0 Å². The lowest BCUT2D eigenvalue weighted by Gasteiger charge is -2.07. The fourth-order valence-electron chi connectivity index (χ4n) is 1.38. The summed E-state index contributed by atoms with van der Waals surface area (Å²) in [4.78, 5) is 16.5. The fraction of sp³-hybridized carbons (Fsp3) is 0.0909. The highest BCUT2D eigenvalue weighted by Gasteiger charge is 2.33. The number of aromatic nitrogens is 2. The molecule has 2 rings (SSSR count). The molecule has 0 saturated carbocycles. The molecule has 0 saturated heterocycles. The maximum absolute atomic E-state index is 12.9. The second-order valence-corrected chi connectivity index (χ2v) is 3.49. The quantitative estimate of drug-likeness (QED) is 0.799. The Hall–Kier alpha value is -2.18. The molecule has 0 bridgehead atoms. The molecule has 0 atom stereocenters. The molecule has 1 aromatic carbocycles. The van der Waals surface area contributed by atoms with Gasteiger partial charge in [-0.2, -0.15) is 13.2 Å². The molecule has 18 heavy (non-hydrogen) atoms. The first-order valence-corrected chi connectivity index (χ1v) is 4.81. The summed E-state index contributed by atoms with van der Waals surface area (Å²) in [6.07, 6.45) is -4.73. The second kappa shape index (κ2) is 4.25. The molecular formula is C11H6F4N2O. The van der Waals surface area contributed by atoms with Gasteiger partial charge in [0.15, 0.2) is 5.69 Å². The summed E-state index contributed by atoms with van der Waals surface area (Å²) in [6, 6.07) is 5.13. The number of rotatable bonds is 1. The molecule has 7 heteroatoms. The Labute approximate surface area is 98.1 Å². The van der Waals surface area contributed by atoms with E-state index in [9.17, 15) is 22.4 Å². The number of aromatic amines is 1. The second-order valence-electron chi connectivity index (χ2n) is 3.49. The van der Waals surface area contributed by atoms with Crippen LogP contribution in [0.5, 0.6) is 0 Å². The van der Waals surface area contributed by atoms with Gasteiger partial charge < -0.3 is 4.98 Å². The third-order valence-corrected chi connectivity index (χ3v) is 2.13. The van der Waals surface area contributed by atoms with E-state index < -0.39 is 23.2 Å². The van der Waals surface area contributed by atoms with Crippen LogP contribution in [0.3, 0.4) is 0 Å². The lowest BCUT2D eigenvalue weighted by Crippen LogP contribution is -2.16. The van der Waals surface area contributed by atoms with Crippen molar-refractivity contribution in [1.29, 1.82) is 0 Å². The first kappa shape index (κ1) is 12.3. The van der Waals surface area contributed by atoms with Gasteiger partial charge in [0.1, 0.15) is 11.6 Å². The summed E-state index contributed by atoms with van der Waals surface area (Å²) in [7, 11) is 0. The van der Waals surface area contributed by atoms with E-state index in [1.807, 2.05) is 0 Å². The molecule has 0 aliphatic rings. The molecule has 1 N–H and O–H groups in total. The molecule has 2 aromatic rings. The summed E-state index contributed by atoms with van der Waals surface area (Å²) in [5.41, 5.74) is -2.19. The van der Waals surface area contributed by atoms with Crippen molar-refractivity contribution in [3.8, 4) is 11.4 Å². The predicted molar refractivity (Wildman–Crippen MR) is 55.3 cm³/mol. The van der Waals surface area contributed by atoms with Gasteiger partial charge in [-0.25, -0.2) is 9.37 Å². The summed E-state index contributed by atoms with van der Waals surface area (Å²) < 4.78 is 50.3. The Morgan fingerprint density at radius 3 is 2.50 bits per heavy atom. The SMILES string of the molecule is O=c1cc(C(F)(F)F)nc(-c2cccc(F)c2)[nH]1. The average Bonchev–Trinajstić information content (AvgIpc) is 2.27. The van der Waals surface area contributed by atoms with Gasteiger partial charge in [-0.3, -0.25) is 4.79 Å². The fourth-order valence-corrected chi connectivity index (χ4v) is 1.38. The monoisotopic (exact) mass is 258 g/mol. The van der Waals surface area contributed by atoms with E-state index in [1.54, 1.807) is 0 Å². The molecule has 0 amide bonds. The zero-order chi connectivity index (χ0) is 13.3. The first-order valence-electron chi connectivity index (χ1n) is 4.81. The Morgan fingerprint density at radius 2 is 1.89 bits per heavy atom. The molecule has 1 aromatic heterocycles. The number of alkyl halides is 3. The summed E-state index contributed by atoms with van der Waals surface area (Å²) >= 11 is 0. The van der Waals surface area contributed by atoms with Crippen LogP contribution < -0.4 is 5.56 Å². The topological polar surface area (TPSA) is 45.8 Å². The van der Waals surface area contributed by atoms with Crippen LogP contribution >= 0.6 is 0 Å². The van der Waals surface area contributed by atoms with Crippen LogP contribution in [0.4, 0.5) is 17.6 Å². The van der Waals surface area contributed by atoms with Crippen molar-refractivity contribution in [2.45, 2.75) is 6.18 Å². The van der Waals surface area contributed by atoms with Crippen LogP contribution in [0.25, 0.3) is 11.4 Å². The zero-order valence-corrected chi connectivity index (χ0v) is 8.75. The highest BCUT2D eigenvalue weighted by atomic mass is 19.4. The maximum Gasteiger partial charge on any atom is 0.433 e. The van der Waals surface area contributed by atoms with Gasteiger partial charge in [-0.15, -0.1) is 0 Å². The van der Waals surface area contributed by atoms with Crippen LogP contribution in [-0.2, 0) is 6.18 Å². The average molecular weight is 258 g/mol. The van der Waals surface area contributed by atoms with Gasteiger partial charge >= 0.3 is 6.18 Å². The molecule has 0 spiro atoms. The molecular weight excluding hydrogens is 252 g/mol. The van der Waals surface area contributed by atoms with Crippen LogP contribution in [0.2, 0.25) is 0 Å². The maximum atomic E-state index is 12.9. The van der Waals surface area contributed by atoms with E-state index in [-0.39, 0.29) is 11.4 Å². The number of nitrogens with zero attached hydrogens (tertiary/aromatic N) is 1. The van der Waals surface area contributed by atoms with Crippen LogP contribution in [0.15, 0.2) is 35.1 Å². The normalized spacial score (nSPS) is 11.6. The van der Waals surface area contributed by atoms with Crippen molar-refractivity contribution < 1.29 is 17.6 Å². The van der Waals surface area contributed by atoms with Gasteiger partial charge in [0.25, 0.3) is 5.56 Å². The van der Waals surface area contributed by atoms with Crippen molar-refractivity contribution in [3.05, 3.63) is 52.2 Å². The molecule has 94 valence electrons. The zero-order valence-electron chi connectivity index (χ0n) is 8.75. The summed E-state index contributed by atoms with van der Waals surface area (Å²) in [5.74, 6) is -0.957. The molecule has 0 aliphatic carbocycles. The molecule has 1 heterocycles. The molecule has 0 radical (unpaired) electrons. The number of hydrogen-bond donors (Lipinski definition) is 1. The van der Waals surface area contributed by atoms with E-state index in [4.69, 9.17) is 0 Å². The van der Waals surface area contributed by atoms with Crippen LogP contribution in [0.1, 0.15) is 5.69 Å². The van der Waals surface area contributed by atoms with Gasteiger partial charge in [-0.05, 0) is 12.1 Å². The van der Waals surface area contributed by atoms with E-state index in [1.165, 1.54) is 12.1 Å². The van der Waals surface area contributed by atoms with Crippen molar-refractivity contribution in [2.24, 2.45) is 0 Å². The van der Waals surface area contributed by atoms with Gasteiger partial charge in [0, 0.05) is 11.6 Å². The number of H-pyrrole nitrogens is 1. The lowest BCUT2D eigenvalue weighted by atomic mass is 10.2. The van der Waals surface area contributed by atoms with E-state index in [0.29, 0.717) is 6.07 Å². The molecule has 0 aliphatic heterocycles. The highest BCUT2D eigenvalue weighted by molar-refractivity contribution is 5.54. The minimum atomic E-state index is -4.73. The Balaban J connectivity index is 2.59. The number of benzene rings is 1. The highest BCUT2D eigenvalue weighted by Crippen LogP contribution is 2.27. The smallest absolute Gasteiger partial charge is 0.307 e. The summed E-state index contributed by atoms with van der Waals surface area (Å²) in [5, 5.41) is 0. The third kappa shape index (κ3) is 2.55. The lowest BCUT2D eigenvalue weighted by molar-refractivity contribution is -0.141. The van der Waals surface area contributed by atoms with Crippen molar-refractivity contribution in [2.75, 3.05) is 0 Å². The largest absolute Gasteiger partial charge is 0.433 e. The molecule has 3 nitrogen and oxygen atoms in total. The van der Waals surface area contributed by atoms with Gasteiger partial charge in [0.2, 0.25) is 0 Å². The number of nitrogens with one attached hydrogen (secondary N) is 1. The van der Waals surface area contributed by atoms with Crippen LogP contribution in [-0.4, -0.2) is 9.97 Å². The van der Waals surface area contributed by atoms with E-state index >= 15 is 0 Å². The minimum absolute atomic E-state index is 0.0678. The standard InChI is InChI=1S/C11H6F4N2O/c12-7-3-1-2-6(4-7)10-16-8(11(13,14)15)5-9(18)17-10/h1-5H,(H,16,17,18). The van der Waals surface area contributed by atoms with Gasteiger partial charge in [-0.1, -0.05) is 12.1 Å². The predicted octanol–water partition coefficient (Wildman–Crippen LogP) is 2.59. The Kier molecular flexibility index (Phi) is 2.90. The van der Waals surface area contributed by atoms with Crippen LogP contribution in [0, 0.1) is 5.82 Å². The first-order chi connectivity index (χ1) is 8.36. The summed E-state index contributed by atoms with van der Waals surface area (Å²) in [6.45, 7) is 0. The Bertz CT molecular complexity index is 633. The van der Waals surface area contributed by atoms with Crippen molar-refractivity contribution in [1.82, 2.24) is 9.97 Å².